The fourth-order valence-electron chi connectivity index (χ4n) is 7.39. The van der Waals surface area contributed by atoms with E-state index in [2.05, 4.69) is 15.3 Å². The van der Waals surface area contributed by atoms with Gasteiger partial charge in [-0.2, -0.15) is 4.99 Å². The number of hydrogen-bond acceptors (Lipinski definition) is 7. The van der Waals surface area contributed by atoms with Crippen LogP contribution < -0.4 is 5.32 Å². The predicted octanol–water partition coefficient (Wildman–Crippen LogP) is 11.8. The van der Waals surface area contributed by atoms with Gasteiger partial charge in [-0.3, -0.25) is 4.79 Å². The molecule has 69 heavy (non-hydrogen) atoms. The van der Waals surface area contributed by atoms with Crippen LogP contribution in [-0.4, -0.2) is 55.4 Å². The van der Waals surface area contributed by atoms with Gasteiger partial charge in [-0.25, -0.2) is 18.2 Å². The molecule has 7 aromatic carbocycles. The minimum absolute atomic E-state index is 0.0236. The molecule has 3 atom stereocenters. The Morgan fingerprint density at radius 3 is 1.78 bits per heavy atom. The highest BCUT2D eigenvalue weighted by atomic mass is 32.2. The molecule has 0 saturated heterocycles. The number of aliphatic imine (C=N–C) groups is 2. The number of aryl methyl sites for hydroxylation is 2. The van der Waals surface area contributed by atoms with Crippen LogP contribution in [-0.2, 0) is 37.2 Å². The lowest BCUT2D eigenvalue weighted by Crippen LogP contribution is -2.35. The van der Waals surface area contributed by atoms with Gasteiger partial charge in [0.15, 0.2) is 22.0 Å². The number of sulfone groups is 1. The first-order valence-corrected chi connectivity index (χ1v) is 24.8. The summed E-state index contributed by atoms with van der Waals surface area (Å²) in [5.41, 5.74) is 7.57. The summed E-state index contributed by atoms with van der Waals surface area (Å²) in [4.78, 5) is 37.4. The van der Waals surface area contributed by atoms with Gasteiger partial charge in [-0.05, 0) is 90.6 Å². The lowest BCUT2D eigenvalue weighted by atomic mass is 10.0. The molecule has 3 amide bonds. The SMILES string of the molecule is CC.Cc1ccccc1CN(CCS(=O)(=O)c1ccccc1)C(=O)/N=C(\OC(C)c1ccccc1)c1ccccc1.Cc1ccccc1CNC(=O)C1N=C(c2ccccc2)OC1c1ccccc1. The Bertz CT molecular complexity index is 2880. The Morgan fingerprint density at radius 2 is 1.19 bits per heavy atom. The fraction of sp³-hybridized carbons (Fsp3) is 0.207. The van der Waals surface area contributed by atoms with E-state index in [9.17, 15) is 18.0 Å². The summed E-state index contributed by atoms with van der Waals surface area (Å²) in [5.74, 6) is 0.317. The van der Waals surface area contributed by atoms with Crippen molar-refractivity contribution in [1.82, 2.24) is 10.2 Å². The van der Waals surface area contributed by atoms with E-state index in [1.54, 1.807) is 30.3 Å². The van der Waals surface area contributed by atoms with Gasteiger partial charge in [0.05, 0.1) is 10.6 Å². The van der Waals surface area contributed by atoms with Crippen molar-refractivity contribution in [2.24, 2.45) is 9.98 Å². The zero-order valence-electron chi connectivity index (χ0n) is 39.8. The monoisotopic (exact) mass is 940 g/mol. The number of amides is 3. The second kappa shape index (κ2) is 25.5. The Hall–Kier alpha value is -7.63. The van der Waals surface area contributed by atoms with Gasteiger partial charge in [0.2, 0.25) is 17.7 Å². The lowest BCUT2D eigenvalue weighted by molar-refractivity contribution is -0.123. The van der Waals surface area contributed by atoms with Crippen LogP contribution in [0.1, 0.15) is 77.5 Å². The average Bonchev–Trinajstić information content (AvgIpc) is 3.86. The van der Waals surface area contributed by atoms with Crippen LogP contribution >= 0.6 is 0 Å². The molecule has 1 heterocycles. The van der Waals surface area contributed by atoms with Gasteiger partial charge >= 0.3 is 6.03 Å². The Kier molecular flexibility index (Phi) is 18.8. The highest BCUT2D eigenvalue weighted by molar-refractivity contribution is 7.91. The first-order valence-electron chi connectivity index (χ1n) is 23.2. The molecular formula is C58H60N4O6S. The normalized spacial score (nSPS) is 14.6. The van der Waals surface area contributed by atoms with Gasteiger partial charge in [0.1, 0.15) is 6.10 Å². The van der Waals surface area contributed by atoms with Gasteiger partial charge in [-0.15, -0.1) is 0 Å². The van der Waals surface area contributed by atoms with Gasteiger partial charge < -0.3 is 19.7 Å². The molecule has 0 aromatic heterocycles. The Balaban J connectivity index is 0.000000230. The van der Waals surface area contributed by atoms with E-state index in [0.29, 0.717) is 18.0 Å². The molecule has 10 nitrogen and oxygen atoms in total. The third kappa shape index (κ3) is 14.4. The van der Waals surface area contributed by atoms with Crippen molar-refractivity contribution in [3.05, 3.63) is 245 Å². The molecule has 3 unspecified atom stereocenters. The number of rotatable bonds is 14. The molecule has 1 N–H and O–H groups in total. The number of benzene rings is 7. The molecule has 0 radical (unpaired) electrons. The van der Waals surface area contributed by atoms with Crippen LogP contribution in [0.3, 0.4) is 0 Å². The third-order valence-corrected chi connectivity index (χ3v) is 13.0. The van der Waals surface area contributed by atoms with Gasteiger partial charge in [0, 0.05) is 30.8 Å². The molecule has 0 bridgehead atoms. The van der Waals surface area contributed by atoms with Crippen molar-refractivity contribution >= 4 is 33.6 Å². The summed E-state index contributed by atoms with van der Waals surface area (Å²) >= 11 is 0. The average molecular weight is 941 g/mol. The minimum atomic E-state index is -3.60. The van der Waals surface area contributed by atoms with E-state index in [1.165, 1.54) is 4.90 Å². The number of nitrogens with one attached hydrogen (secondary N) is 1. The van der Waals surface area contributed by atoms with Gasteiger partial charge in [0.25, 0.3) is 0 Å². The largest absolute Gasteiger partial charge is 0.469 e. The minimum Gasteiger partial charge on any atom is -0.469 e. The van der Waals surface area contributed by atoms with Crippen molar-refractivity contribution < 1.29 is 27.5 Å². The number of nitrogens with zero attached hydrogens (tertiary/aromatic N) is 3. The van der Waals surface area contributed by atoms with Crippen LogP contribution in [0.15, 0.2) is 215 Å². The highest BCUT2D eigenvalue weighted by Crippen LogP contribution is 2.31. The smallest absolute Gasteiger partial charge is 0.347 e. The van der Waals surface area contributed by atoms with Crippen molar-refractivity contribution in [1.29, 1.82) is 0 Å². The molecule has 0 spiro atoms. The number of hydrogen-bond donors (Lipinski definition) is 1. The van der Waals surface area contributed by atoms with E-state index in [0.717, 1.165) is 38.9 Å². The van der Waals surface area contributed by atoms with Gasteiger partial charge in [-0.1, -0.05) is 178 Å². The molecule has 354 valence electrons. The first-order chi connectivity index (χ1) is 33.6. The topological polar surface area (TPSA) is 127 Å². The summed E-state index contributed by atoms with van der Waals surface area (Å²) in [7, 11) is -3.60. The Labute approximate surface area is 407 Å². The van der Waals surface area contributed by atoms with E-state index in [-0.39, 0.29) is 41.6 Å². The number of urea groups is 1. The van der Waals surface area contributed by atoms with E-state index < -0.39 is 28.0 Å². The maximum absolute atomic E-state index is 13.7. The standard InChI is InChI=1S/C32H32N2O4S.C24H22N2O2.C2H6/c1-25-14-12-13-19-29(25)24-34(22-23-39(36,37)30-20-10-5-11-21-30)32(35)33-31(28-17-8-4-9-18-28)38-26(2)27-15-6-3-7-16-27;1-17-10-8-9-15-20(17)16-25-23(27)21-22(18-11-4-2-5-12-18)28-24(26-21)19-13-6-3-7-14-19;1-2/h3-21,26H,22-24H2,1-2H3;2-15,21-22H,16H2,1H3,(H,25,27);1-2H3/b33-31-;;. The number of ether oxygens (including phenoxy) is 2. The molecule has 1 aliphatic rings. The fourth-order valence-corrected chi connectivity index (χ4v) is 8.65. The van der Waals surface area contributed by atoms with E-state index in [4.69, 9.17) is 9.47 Å². The van der Waals surface area contributed by atoms with E-state index >= 15 is 0 Å². The van der Waals surface area contributed by atoms with Crippen LogP contribution in [0.5, 0.6) is 0 Å². The van der Waals surface area contributed by atoms with E-state index in [1.807, 2.05) is 204 Å². The second-order valence-corrected chi connectivity index (χ2v) is 18.2. The lowest BCUT2D eigenvalue weighted by Gasteiger charge is -2.23. The molecular weight excluding hydrogens is 881 g/mol. The third-order valence-electron chi connectivity index (χ3n) is 11.3. The van der Waals surface area contributed by atoms with Crippen molar-refractivity contribution in [3.63, 3.8) is 0 Å². The summed E-state index contributed by atoms with van der Waals surface area (Å²) in [5, 5.41) is 3.03. The zero-order chi connectivity index (χ0) is 49.0. The quantitative estimate of drug-likeness (QED) is 0.0854. The molecule has 7 aromatic rings. The van der Waals surface area contributed by atoms with Crippen LogP contribution in [0, 0.1) is 13.8 Å². The summed E-state index contributed by atoms with van der Waals surface area (Å²) < 4.78 is 38.4. The van der Waals surface area contributed by atoms with Crippen molar-refractivity contribution in [2.45, 2.75) is 70.9 Å². The van der Waals surface area contributed by atoms with Crippen molar-refractivity contribution in [3.8, 4) is 0 Å². The molecule has 0 fully saturated rings. The molecule has 8 rings (SSSR count). The van der Waals surface area contributed by atoms with Crippen molar-refractivity contribution in [2.75, 3.05) is 12.3 Å². The molecule has 11 heteroatoms. The molecule has 1 aliphatic heterocycles. The summed E-state index contributed by atoms with van der Waals surface area (Å²) in [6, 6.07) is 61.2. The highest BCUT2D eigenvalue weighted by Gasteiger charge is 2.38. The predicted molar refractivity (Wildman–Crippen MR) is 276 cm³/mol. The zero-order valence-corrected chi connectivity index (χ0v) is 40.6. The maximum Gasteiger partial charge on any atom is 0.347 e. The first kappa shape index (κ1) is 50.8. The maximum atomic E-state index is 13.7. The van der Waals surface area contributed by atoms with Crippen LogP contribution in [0.25, 0.3) is 0 Å². The summed E-state index contributed by atoms with van der Waals surface area (Å²) in [6.45, 7) is 10.6. The van der Waals surface area contributed by atoms with Crippen LogP contribution in [0.4, 0.5) is 4.79 Å². The Morgan fingerprint density at radius 1 is 0.681 bits per heavy atom. The number of carbonyl (C=O) groups is 2. The molecule has 0 saturated carbocycles. The summed E-state index contributed by atoms with van der Waals surface area (Å²) in [6.07, 6.45) is -0.797. The second-order valence-electron chi connectivity index (χ2n) is 16.1. The van der Waals surface area contributed by atoms with Crippen LogP contribution in [0.2, 0.25) is 0 Å². The number of carbonyl (C=O) groups excluding carboxylic acids is 2. The molecule has 0 aliphatic carbocycles.